The van der Waals surface area contributed by atoms with Crippen LogP contribution < -0.4 is 0 Å². The zero-order valence-corrected chi connectivity index (χ0v) is 14.7. The fourth-order valence-electron chi connectivity index (χ4n) is 3.04. The quantitative estimate of drug-likeness (QED) is 0.342. The number of aliphatic hydroxyl groups is 3. The molecule has 130 valence electrons. The Bertz CT molecular complexity index is 295. The van der Waals surface area contributed by atoms with Crippen LogP contribution in [0.15, 0.2) is 24.3 Å². The van der Waals surface area contributed by atoms with Gasteiger partial charge in [-0.05, 0) is 50.4 Å². The van der Waals surface area contributed by atoms with Crippen molar-refractivity contribution in [2.75, 3.05) is 0 Å². The fraction of sp³-hybridized carbons (Fsp3) is 0.789. The average molecular weight is 312 g/mol. The lowest BCUT2D eigenvalue weighted by Gasteiger charge is -2.36. The Labute approximate surface area is 136 Å². The summed E-state index contributed by atoms with van der Waals surface area (Å²) in [6.45, 7) is 6.36. The van der Waals surface area contributed by atoms with Crippen LogP contribution in [0.5, 0.6) is 0 Å². The lowest BCUT2D eigenvalue weighted by atomic mass is 9.71. The van der Waals surface area contributed by atoms with Crippen molar-refractivity contribution in [1.29, 1.82) is 0 Å². The number of hydrogen-bond donors (Lipinski definition) is 3. The van der Waals surface area contributed by atoms with E-state index in [-0.39, 0.29) is 11.8 Å². The highest BCUT2D eigenvalue weighted by molar-refractivity contribution is 4.90. The van der Waals surface area contributed by atoms with E-state index in [9.17, 15) is 15.3 Å². The van der Waals surface area contributed by atoms with Gasteiger partial charge in [-0.25, -0.2) is 0 Å². The maximum atomic E-state index is 9.53. The van der Waals surface area contributed by atoms with E-state index in [1.165, 1.54) is 0 Å². The van der Waals surface area contributed by atoms with Crippen LogP contribution in [0.2, 0.25) is 0 Å². The summed E-state index contributed by atoms with van der Waals surface area (Å²) < 4.78 is 0. The van der Waals surface area contributed by atoms with Crippen molar-refractivity contribution in [1.82, 2.24) is 0 Å². The maximum Gasteiger partial charge on any atom is 0.275 e. The van der Waals surface area contributed by atoms with Gasteiger partial charge in [-0.1, -0.05) is 57.9 Å². The summed E-state index contributed by atoms with van der Waals surface area (Å²) in [5.41, 5.74) is -0.218. The van der Waals surface area contributed by atoms with Crippen molar-refractivity contribution in [2.45, 2.75) is 91.0 Å². The SMILES string of the molecule is CC/C=C\CCC(CC/C=C\CC)(CCCC)CC(O)(O)O. The van der Waals surface area contributed by atoms with E-state index in [0.29, 0.717) is 0 Å². The van der Waals surface area contributed by atoms with Gasteiger partial charge in [0.1, 0.15) is 0 Å². The molecule has 0 unspecified atom stereocenters. The van der Waals surface area contributed by atoms with Gasteiger partial charge < -0.3 is 15.3 Å². The second-order valence-electron chi connectivity index (χ2n) is 6.39. The van der Waals surface area contributed by atoms with Gasteiger partial charge in [-0.15, -0.1) is 0 Å². The van der Waals surface area contributed by atoms with Crippen molar-refractivity contribution in [3.63, 3.8) is 0 Å². The molecule has 0 aromatic carbocycles. The predicted molar refractivity (Wildman–Crippen MR) is 93.3 cm³/mol. The lowest BCUT2D eigenvalue weighted by molar-refractivity contribution is -0.327. The van der Waals surface area contributed by atoms with Crippen LogP contribution in [0.1, 0.15) is 85.0 Å². The third-order valence-electron chi connectivity index (χ3n) is 4.16. The van der Waals surface area contributed by atoms with Crippen molar-refractivity contribution < 1.29 is 15.3 Å². The van der Waals surface area contributed by atoms with Crippen molar-refractivity contribution in [2.24, 2.45) is 5.41 Å². The summed E-state index contributed by atoms with van der Waals surface area (Å²) in [4.78, 5) is 0. The van der Waals surface area contributed by atoms with E-state index in [0.717, 1.165) is 57.8 Å². The normalized spacial score (nSPS) is 13.5. The second kappa shape index (κ2) is 11.9. The van der Waals surface area contributed by atoms with Gasteiger partial charge in [0, 0.05) is 6.42 Å². The first-order valence-corrected chi connectivity index (χ1v) is 8.86. The number of rotatable bonds is 13. The first-order chi connectivity index (χ1) is 10.4. The van der Waals surface area contributed by atoms with Crippen LogP contribution in [0.3, 0.4) is 0 Å². The largest absolute Gasteiger partial charge is 0.344 e. The molecule has 0 aromatic rings. The maximum absolute atomic E-state index is 9.53. The van der Waals surface area contributed by atoms with Crippen LogP contribution >= 0.6 is 0 Å². The number of unbranched alkanes of at least 4 members (excludes halogenated alkanes) is 1. The van der Waals surface area contributed by atoms with E-state index in [1.807, 2.05) is 0 Å². The van der Waals surface area contributed by atoms with E-state index in [1.54, 1.807) is 0 Å². The van der Waals surface area contributed by atoms with E-state index < -0.39 is 5.97 Å². The molecule has 3 nitrogen and oxygen atoms in total. The molecule has 0 fully saturated rings. The number of hydrogen-bond acceptors (Lipinski definition) is 3. The van der Waals surface area contributed by atoms with E-state index >= 15 is 0 Å². The molecule has 0 bridgehead atoms. The van der Waals surface area contributed by atoms with Gasteiger partial charge in [0.05, 0.1) is 0 Å². The molecule has 0 saturated carbocycles. The van der Waals surface area contributed by atoms with Crippen molar-refractivity contribution >= 4 is 0 Å². The molecular weight excluding hydrogens is 276 g/mol. The molecule has 0 atom stereocenters. The van der Waals surface area contributed by atoms with Gasteiger partial charge in [0.25, 0.3) is 5.97 Å². The molecule has 0 radical (unpaired) electrons. The molecule has 0 aliphatic rings. The Balaban J connectivity index is 4.94. The highest BCUT2D eigenvalue weighted by atomic mass is 16.7. The van der Waals surface area contributed by atoms with Gasteiger partial charge in [-0.3, -0.25) is 0 Å². The van der Waals surface area contributed by atoms with Crippen LogP contribution in [0.4, 0.5) is 0 Å². The van der Waals surface area contributed by atoms with Gasteiger partial charge >= 0.3 is 0 Å². The molecule has 0 rings (SSSR count). The minimum atomic E-state index is -2.57. The Kier molecular flexibility index (Phi) is 11.5. The molecule has 0 amide bonds. The predicted octanol–water partition coefficient (Wildman–Crippen LogP) is 4.68. The van der Waals surface area contributed by atoms with E-state index in [2.05, 4.69) is 45.1 Å². The van der Waals surface area contributed by atoms with Crippen LogP contribution in [-0.2, 0) is 0 Å². The molecule has 3 heteroatoms. The molecule has 0 heterocycles. The monoisotopic (exact) mass is 312 g/mol. The van der Waals surface area contributed by atoms with Gasteiger partial charge in [0.15, 0.2) is 0 Å². The van der Waals surface area contributed by atoms with Crippen LogP contribution in [-0.4, -0.2) is 21.3 Å². The van der Waals surface area contributed by atoms with Gasteiger partial charge in [0.2, 0.25) is 0 Å². The fourth-order valence-corrected chi connectivity index (χ4v) is 3.04. The summed E-state index contributed by atoms with van der Waals surface area (Å²) >= 11 is 0. The third-order valence-corrected chi connectivity index (χ3v) is 4.16. The smallest absolute Gasteiger partial charge is 0.275 e. The Morgan fingerprint density at radius 2 is 1.23 bits per heavy atom. The summed E-state index contributed by atoms with van der Waals surface area (Å²) in [5.74, 6) is -2.57. The molecule has 0 aliphatic heterocycles. The second-order valence-corrected chi connectivity index (χ2v) is 6.39. The highest BCUT2D eigenvalue weighted by Crippen LogP contribution is 2.41. The average Bonchev–Trinajstić information content (AvgIpc) is 2.44. The third kappa shape index (κ3) is 11.0. The van der Waals surface area contributed by atoms with Crippen LogP contribution in [0, 0.1) is 5.41 Å². The summed E-state index contributed by atoms with van der Waals surface area (Å²) in [6, 6.07) is 0. The molecule has 0 saturated heterocycles. The summed E-state index contributed by atoms with van der Waals surface area (Å²) in [7, 11) is 0. The topological polar surface area (TPSA) is 60.7 Å². The molecule has 22 heavy (non-hydrogen) atoms. The lowest BCUT2D eigenvalue weighted by Crippen LogP contribution is -2.37. The number of allylic oxidation sites excluding steroid dienone is 4. The zero-order chi connectivity index (χ0) is 16.9. The van der Waals surface area contributed by atoms with E-state index in [4.69, 9.17) is 0 Å². The standard InChI is InChI=1S/C19H36O3/c1-4-7-10-12-15-18(14-9-6-3,17-19(20,21)22)16-13-11-8-5-2/h7-8,10-11,20-22H,4-6,9,12-17H2,1-3H3/b10-7-,11-8-. The summed E-state index contributed by atoms with van der Waals surface area (Å²) in [5, 5.41) is 28.6. The molecule has 0 spiro atoms. The van der Waals surface area contributed by atoms with Crippen molar-refractivity contribution in [3.05, 3.63) is 24.3 Å². The molecular formula is C19H36O3. The Morgan fingerprint density at radius 1 is 0.727 bits per heavy atom. The minimum absolute atomic E-state index is 0.0277. The summed E-state index contributed by atoms with van der Waals surface area (Å²) in [6.07, 6.45) is 17.3. The highest BCUT2D eigenvalue weighted by Gasteiger charge is 2.36. The minimum Gasteiger partial charge on any atom is -0.344 e. The molecule has 0 aromatic heterocycles. The first-order valence-electron chi connectivity index (χ1n) is 8.86. The van der Waals surface area contributed by atoms with Crippen LogP contribution in [0.25, 0.3) is 0 Å². The molecule has 0 aliphatic carbocycles. The Hall–Kier alpha value is -0.640. The van der Waals surface area contributed by atoms with Gasteiger partial charge in [-0.2, -0.15) is 0 Å². The Morgan fingerprint density at radius 3 is 1.59 bits per heavy atom. The van der Waals surface area contributed by atoms with Crippen molar-refractivity contribution in [3.8, 4) is 0 Å². The molecule has 3 N–H and O–H groups in total. The first kappa shape index (κ1) is 21.4. The zero-order valence-electron chi connectivity index (χ0n) is 14.7.